The van der Waals surface area contributed by atoms with Crippen molar-refractivity contribution < 1.29 is 14.6 Å². The number of carbonyl (C=O) groups is 1. The highest BCUT2D eigenvalue weighted by Gasteiger charge is 2.51. The van der Waals surface area contributed by atoms with Crippen LogP contribution in [0.25, 0.3) is 0 Å². The highest BCUT2D eigenvalue weighted by molar-refractivity contribution is 9.10. The van der Waals surface area contributed by atoms with Gasteiger partial charge in [0.25, 0.3) is 0 Å². The van der Waals surface area contributed by atoms with Gasteiger partial charge in [0, 0.05) is 5.54 Å². The number of rotatable bonds is 4. The molecule has 0 saturated heterocycles. The van der Waals surface area contributed by atoms with Crippen LogP contribution in [0.3, 0.4) is 0 Å². The van der Waals surface area contributed by atoms with Crippen molar-refractivity contribution in [3.8, 4) is 11.5 Å². The van der Waals surface area contributed by atoms with Gasteiger partial charge >= 0.3 is 6.03 Å². The molecule has 0 atom stereocenters. The number of urea groups is 1. The number of phenolic OH excluding ortho intramolecular Hbond substituents is 1. The van der Waals surface area contributed by atoms with Gasteiger partial charge in [0.15, 0.2) is 11.5 Å². The van der Waals surface area contributed by atoms with Crippen LogP contribution in [-0.4, -0.2) is 30.0 Å². The Morgan fingerprint density at radius 1 is 1.27 bits per heavy atom. The molecular formula is C19H24BrN3O3. The minimum Gasteiger partial charge on any atom is -0.504 e. The molecule has 1 aromatic carbocycles. The van der Waals surface area contributed by atoms with Gasteiger partial charge < -0.3 is 15.2 Å². The number of nitrogens with one attached hydrogen (secondary N) is 2. The van der Waals surface area contributed by atoms with Gasteiger partial charge in [0.05, 0.1) is 17.8 Å². The fourth-order valence-corrected chi connectivity index (χ4v) is 6.20. The van der Waals surface area contributed by atoms with Gasteiger partial charge in [-0.25, -0.2) is 10.2 Å². The molecular weight excluding hydrogens is 398 g/mol. The van der Waals surface area contributed by atoms with Crippen LogP contribution in [0.5, 0.6) is 11.5 Å². The van der Waals surface area contributed by atoms with Crippen molar-refractivity contribution in [1.82, 2.24) is 10.7 Å². The van der Waals surface area contributed by atoms with Crippen molar-refractivity contribution in [2.45, 2.75) is 44.1 Å². The average molecular weight is 422 g/mol. The lowest BCUT2D eigenvalue weighted by molar-refractivity contribution is -0.0135. The quantitative estimate of drug-likeness (QED) is 0.510. The smallest absolute Gasteiger partial charge is 0.335 e. The summed E-state index contributed by atoms with van der Waals surface area (Å²) in [7, 11) is 1.49. The van der Waals surface area contributed by atoms with Gasteiger partial charge in [0.2, 0.25) is 0 Å². The van der Waals surface area contributed by atoms with E-state index in [4.69, 9.17) is 4.74 Å². The summed E-state index contributed by atoms with van der Waals surface area (Å²) in [5.74, 6) is 2.73. The van der Waals surface area contributed by atoms with Gasteiger partial charge in [0.1, 0.15) is 0 Å². The Kier molecular flexibility index (Phi) is 4.59. The predicted octanol–water partition coefficient (Wildman–Crippen LogP) is 3.77. The maximum absolute atomic E-state index is 12.3. The summed E-state index contributed by atoms with van der Waals surface area (Å²) in [5, 5.41) is 17.1. The van der Waals surface area contributed by atoms with E-state index < -0.39 is 0 Å². The molecule has 0 aromatic heterocycles. The third kappa shape index (κ3) is 3.41. The Labute approximate surface area is 161 Å². The number of phenols is 1. The largest absolute Gasteiger partial charge is 0.504 e. The molecule has 0 unspecified atom stereocenters. The van der Waals surface area contributed by atoms with Crippen molar-refractivity contribution in [2.75, 3.05) is 7.11 Å². The second-order valence-corrected chi connectivity index (χ2v) is 8.93. The Bertz CT molecular complexity index is 691. The van der Waals surface area contributed by atoms with Crippen LogP contribution in [0, 0.1) is 17.8 Å². The summed E-state index contributed by atoms with van der Waals surface area (Å²) >= 11 is 3.34. The summed E-state index contributed by atoms with van der Waals surface area (Å²) < 4.78 is 5.71. The Hall–Kier alpha value is -1.76. The molecule has 140 valence electrons. The fourth-order valence-electron chi connectivity index (χ4n) is 5.57. The minimum atomic E-state index is -0.250. The van der Waals surface area contributed by atoms with Crippen molar-refractivity contribution in [1.29, 1.82) is 0 Å². The molecule has 6 nitrogen and oxygen atoms in total. The van der Waals surface area contributed by atoms with E-state index in [1.165, 1.54) is 38.7 Å². The van der Waals surface area contributed by atoms with Crippen molar-refractivity contribution in [2.24, 2.45) is 22.9 Å². The van der Waals surface area contributed by atoms with E-state index in [1.807, 2.05) is 0 Å². The number of carbonyl (C=O) groups excluding carboxylic acids is 1. The van der Waals surface area contributed by atoms with E-state index in [1.54, 1.807) is 6.07 Å². The number of halogens is 1. The first-order valence-corrected chi connectivity index (χ1v) is 9.93. The number of ether oxygens (including phenoxy) is 1. The zero-order valence-corrected chi connectivity index (χ0v) is 16.4. The standard InChI is InChI=1S/C19H24BrN3O3/c1-26-17-15(20)5-14(6-16(17)24)10-21-23-18(25)22-19-7-11-2-12(8-19)4-13(3-11)9-19/h5-6,10-13,24H,2-4,7-9H2,1H3,(H2,22,23,25)/b21-10-. The molecule has 0 aliphatic heterocycles. The van der Waals surface area contributed by atoms with Crippen LogP contribution in [0.4, 0.5) is 4.79 Å². The van der Waals surface area contributed by atoms with Gasteiger partial charge in [-0.2, -0.15) is 5.10 Å². The first-order chi connectivity index (χ1) is 12.5. The van der Waals surface area contributed by atoms with Crippen LogP contribution in [0.15, 0.2) is 21.7 Å². The highest BCUT2D eigenvalue weighted by Crippen LogP contribution is 2.55. The van der Waals surface area contributed by atoms with Gasteiger partial charge in [-0.15, -0.1) is 0 Å². The van der Waals surface area contributed by atoms with E-state index in [9.17, 15) is 9.90 Å². The highest BCUT2D eigenvalue weighted by atomic mass is 79.9. The first-order valence-electron chi connectivity index (χ1n) is 9.14. The third-order valence-corrected chi connectivity index (χ3v) is 6.64. The summed E-state index contributed by atoms with van der Waals surface area (Å²) in [6.07, 6.45) is 8.85. The molecule has 4 saturated carbocycles. The number of benzene rings is 1. The molecule has 5 rings (SSSR count). The molecule has 3 N–H and O–H groups in total. The molecule has 7 heteroatoms. The van der Waals surface area contributed by atoms with Crippen molar-refractivity contribution in [3.63, 3.8) is 0 Å². The Morgan fingerprint density at radius 3 is 2.42 bits per heavy atom. The number of aromatic hydroxyl groups is 1. The Balaban J connectivity index is 1.36. The van der Waals surface area contributed by atoms with E-state index in [-0.39, 0.29) is 17.3 Å². The zero-order valence-electron chi connectivity index (χ0n) is 14.8. The fraction of sp³-hybridized carbons (Fsp3) is 0.579. The maximum atomic E-state index is 12.3. The number of hydrogen-bond donors (Lipinski definition) is 3. The number of hydrazone groups is 1. The first kappa shape index (κ1) is 17.6. The van der Waals surface area contributed by atoms with E-state index in [0.717, 1.165) is 37.0 Å². The molecule has 4 fully saturated rings. The molecule has 4 aliphatic rings. The molecule has 0 heterocycles. The van der Waals surface area contributed by atoms with Crippen molar-refractivity contribution >= 4 is 28.2 Å². The molecule has 4 bridgehead atoms. The number of nitrogens with zero attached hydrogens (tertiary/aromatic N) is 1. The predicted molar refractivity (Wildman–Crippen MR) is 103 cm³/mol. The number of hydrogen-bond acceptors (Lipinski definition) is 4. The molecule has 4 aliphatic carbocycles. The summed E-state index contributed by atoms with van der Waals surface area (Å²) in [6, 6.07) is 3.05. The summed E-state index contributed by atoms with van der Waals surface area (Å²) in [4.78, 5) is 12.3. The SMILES string of the molecule is COc1c(O)cc(/C=N\NC(=O)NC23CC4CC(CC(C4)C2)C3)cc1Br. The van der Waals surface area contributed by atoms with E-state index in [2.05, 4.69) is 31.8 Å². The molecule has 0 spiro atoms. The summed E-state index contributed by atoms with van der Waals surface area (Å²) in [5.41, 5.74) is 3.19. The summed E-state index contributed by atoms with van der Waals surface area (Å²) in [6.45, 7) is 0. The normalized spacial score (nSPS) is 32.0. The third-order valence-electron chi connectivity index (χ3n) is 6.05. The van der Waals surface area contributed by atoms with Gasteiger partial charge in [-0.05, 0) is 89.9 Å². The molecule has 2 amide bonds. The van der Waals surface area contributed by atoms with E-state index in [0.29, 0.717) is 15.8 Å². The molecule has 26 heavy (non-hydrogen) atoms. The van der Waals surface area contributed by atoms with Gasteiger partial charge in [-0.3, -0.25) is 0 Å². The average Bonchev–Trinajstić information content (AvgIpc) is 2.52. The lowest BCUT2D eigenvalue weighted by Crippen LogP contribution is -2.61. The van der Waals surface area contributed by atoms with Gasteiger partial charge in [-0.1, -0.05) is 0 Å². The lowest BCUT2D eigenvalue weighted by atomic mass is 9.53. The Morgan fingerprint density at radius 2 is 1.88 bits per heavy atom. The van der Waals surface area contributed by atoms with Crippen molar-refractivity contribution in [3.05, 3.63) is 22.2 Å². The van der Waals surface area contributed by atoms with Crippen LogP contribution >= 0.6 is 15.9 Å². The van der Waals surface area contributed by atoms with Crippen LogP contribution < -0.4 is 15.5 Å². The topological polar surface area (TPSA) is 83.0 Å². The maximum Gasteiger partial charge on any atom is 0.335 e. The second kappa shape index (κ2) is 6.76. The molecule has 1 aromatic rings. The van der Waals surface area contributed by atoms with E-state index >= 15 is 0 Å². The number of amides is 2. The zero-order chi connectivity index (χ0) is 18.3. The second-order valence-electron chi connectivity index (χ2n) is 8.08. The monoisotopic (exact) mass is 421 g/mol. The number of methoxy groups -OCH3 is 1. The lowest BCUT2D eigenvalue weighted by Gasteiger charge is -2.56. The van der Waals surface area contributed by atoms with Crippen LogP contribution in [0.1, 0.15) is 44.1 Å². The molecule has 0 radical (unpaired) electrons. The minimum absolute atomic E-state index is 0.0151. The van der Waals surface area contributed by atoms with Crippen LogP contribution in [-0.2, 0) is 0 Å². The van der Waals surface area contributed by atoms with Crippen LogP contribution in [0.2, 0.25) is 0 Å².